The molecule has 0 radical (unpaired) electrons. The van der Waals surface area contributed by atoms with Gasteiger partial charge in [-0.1, -0.05) is 36.5 Å². The molecule has 1 fully saturated rings. The zero-order valence-corrected chi connectivity index (χ0v) is 14.4. The lowest BCUT2D eigenvalue weighted by atomic mass is 9.67. The Morgan fingerprint density at radius 2 is 1.95 bits per heavy atom. The van der Waals surface area contributed by atoms with E-state index in [1.54, 1.807) is 0 Å². The minimum atomic E-state index is 0.417. The van der Waals surface area contributed by atoms with Crippen LogP contribution in [0.25, 0.3) is 11.0 Å². The number of alkyl halides is 1. The van der Waals surface area contributed by atoms with Crippen LogP contribution in [0.1, 0.15) is 38.4 Å². The van der Waals surface area contributed by atoms with Crippen LogP contribution >= 0.6 is 34.8 Å². The molecule has 0 N–H and O–H groups in total. The highest BCUT2D eigenvalue weighted by Crippen LogP contribution is 2.46. The maximum absolute atomic E-state index is 6.20. The zero-order valence-electron chi connectivity index (χ0n) is 12.1. The molecule has 0 saturated heterocycles. The number of hydrogen-bond donors (Lipinski definition) is 0. The summed E-state index contributed by atoms with van der Waals surface area (Å²) in [6, 6.07) is 3.79. The van der Waals surface area contributed by atoms with Crippen LogP contribution < -0.4 is 0 Å². The summed E-state index contributed by atoms with van der Waals surface area (Å²) in [7, 11) is 0. The van der Waals surface area contributed by atoms with Gasteiger partial charge in [0.05, 0.1) is 21.1 Å². The number of aromatic nitrogens is 2. The number of rotatable bonds is 5. The first-order valence-corrected chi connectivity index (χ1v) is 8.78. The Kier molecular flexibility index (Phi) is 4.40. The molecule has 2 aromatic rings. The van der Waals surface area contributed by atoms with Gasteiger partial charge in [-0.3, -0.25) is 0 Å². The summed E-state index contributed by atoms with van der Waals surface area (Å²) in [5, 5.41) is 1.14. The van der Waals surface area contributed by atoms with E-state index in [1.165, 1.54) is 25.7 Å². The van der Waals surface area contributed by atoms with Gasteiger partial charge in [0.2, 0.25) is 0 Å². The summed E-state index contributed by atoms with van der Waals surface area (Å²) >= 11 is 18.3. The molecule has 0 unspecified atom stereocenters. The van der Waals surface area contributed by atoms with Crippen LogP contribution in [-0.2, 0) is 13.0 Å². The first kappa shape index (κ1) is 15.5. The number of halogens is 3. The molecule has 114 valence electrons. The Balaban J connectivity index is 2.09. The average molecular weight is 346 g/mol. The third kappa shape index (κ3) is 2.78. The van der Waals surface area contributed by atoms with Crippen LogP contribution in [-0.4, -0.2) is 15.4 Å². The number of aryl methyl sites for hydroxylation is 1. The van der Waals surface area contributed by atoms with Gasteiger partial charge in [0.25, 0.3) is 0 Å². The van der Waals surface area contributed by atoms with Crippen LogP contribution in [0.15, 0.2) is 12.1 Å². The predicted octanol–water partition coefficient (Wildman–Crippen LogP) is 5.70. The first-order valence-electron chi connectivity index (χ1n) is 7.49. The van der Waals surface area contributed by atoms with Gasteiger partial charge >= 0.3 is 0 Å². The number of hydrogen-bond acceptors (Lipinski definition) is 1. The van der Waals surface area contributed by atoms with E-state index >= 15 is 0 Å². The van der Waals surface area contributed by atoms with E-state index in [2.05, 4.69) is 11.5 Å². The van der Waals surface area contributed by atoms with Crippen molar-refractivity contribution in [3.8, 4) is 0 Å². The Morgan fingerprint density at radius 3 is 2.52 bits per heavy atom. The topological polar surface area (TPSA) is 17.8 Å². The fraction of sp³-hybridized carbons (Fsp3) is 0.562. The molecular formula is C16H19Cl3N2. The van der Waals surface area contributed by atoms with Crippen LogP contribution in [0.2, 0.25) is 10.0 Å². The predicted molar refractivity (Wildman–Crippen MR) is 90.8 cm³/mol. The first-order chi connectivity index (χ1) is 10.1. The molecule has 21 heavy (non-hydrogen) atoms. The molecule has 0 amide bonds. The van der Waals surface area contributed by atoms with Gasteiger partial charge in [-0.15, -0.1) is 11.6 Å². The number of imidazole rings is 1. The normalized spacial score (nSPS) is 17.1. The molecule has 1 heterocycles. The maximum atomic E-state index is 6.20. The molecule has 1 aromatic heterocycles. The third-order valence-corrected chi connectivity index (χ3v) is 5.76. The van der Waals surface area contributed by atoms with E-state index in [9.17, 15) is 0 Å². The van der Waals surface area contributed by atoms with Crippen molar-refractivity contribution >= 4 is 45.8 Å². The molecule has 0 bridgehead atoms. The molecule has 1 saturated carbocycles. The zero-order chi connectivity index (χ0) is 15.0. The van der Waals surface area contributed by atoms with E-state index < -0.39 is 0 Å². The molecule has 1 aliphatic rings. The van der Waals surface area contributed by atoms with Crippen molar-refractivity contribution in [1.82, 2.24) is 9.55 Å². The largest absolute Gasteiger partial charge is 0.327 e. The molecule has 5 heteroatoms. The lowest BCUT2D eigenvalue weighted by Gasteiger charge is -2.42. The standard InChI is InChI=1S/C16H19Cl3N2/c1-2-16(5-3-6-16)10-21-14-9-12(19)11(18)8-13(14)20-15(21)4-7-17/h8-9H,2-7,10H2,1H3. The number of benzene rings is 1. The smallest absolute Gasteiger partial charge is 0.111 e. The monoisotopic (exact) mass is 344 g/mol. The molecular weight excluding hydrogens is 327 g/mol. The van der Waals surface area contributed by atoms with Gasteiger partial charge in [-0.05, 0) is 36.8 Å². The highest BCUT2D eigenvalue weighted by molar-refractivity contribution is 6.42. The lowest BCUT2D eigenvalue weighted by molar-refractivity contribution is 0.101. The Labute approximate surface area is 140 Å². The van der Waals surface area contributed by atoms with Gasteiger partial charge in [0, 0.05) is 18.8 Å². The molecule has 0 atom stereocenters. The second-order valence-electron chi connectivity index (χ2n) is 6.02. The van der Waals surface area contributed by atoms with Crippen molar-refractivity contribution in [2.24, 2.45) is 5.41 Å². The number of nitrogens with zero attached hydrogens (tertiary/aromatic N) is 2. The van der Waals surface area contributed by atoms with E-state index in [4.69, 9.17) is 39.8 Å². The Bertz CT molecular complexity index is 654. The molecule has 1 aromatic carbocycles. The molecule has 2 nitrogen and oxygen atoms in total. The molecule has 3 rings (SSSR count). The molecule has 0 spiro atoms. The van der Waals surface area contributed by atoms with Crippen LogP contribution in [0.5, 0.6) is 0 Å². The summed E-state index contributed by atoms with van der Waals surface area (Å²) in [6.07, 6.45) is 5.90. The van der Waals surface area contributed by atoms with Crippen molar-refractivity contribution in [1.29, 1.82) is 0 Å². The van der Waals surface area contributed by atoms with Gasteiger partial charge in [0.1, 0.15) is 5.82 Å². The molecule has 0 aliphatic heterocycles. The fourth-order valence-electron chi connectivity index (χ4n) is 3.26. The van der Waals surface area contributed by atoms with Gasteiger partial charge in [0.15, 0.2) is 0 Å². The summed E-state index contributed by atoms with van der Waals surface area (Å²) in [4.78, 5) is 4.72. The Hall–Kier alpha value is -0.440. The van der Waals surface area contributed by atoms with E-state index in [0.717, 1.165) is 29.8 Å². The SMILES string of the molecule is CCC1(Cn2c(CCCl)nc3cc(Cl)c(Cl)cc32)CCC1. The highest BCUT2D eigenvalue weighted by atomic mass is 35.5. The van der Waals surface area contributed by atoms with Gasteiger partial charge < -0.3 is 4.57 Å². The third-order valence-electron chi connectivity index (χ3n) is 4.85. The second kappa shape index (κ2) is 5.98. The van der Waals surface area contributed by atoms with Crippen molar-refractivity contribution in [2.45, 2.75) is 45.6 Å². The van der Waals surface area contributed by atoms with Crippen molar-refractivity contribution in [3.63, 3.8) is 0 Å². The Morgan fingerprint density at radius 1 is 1.24 bits per heavy atom. The van der Waals surface area contributed by atoms with E-state index in [0.29, 0.717) is 21.3 Å². The van der Waals surface area contributed by atoms with E-state index in [-0.39, 0.29) is 0 Å². The van der Waals surface area contributed by atoms with Crippen LogP contribution in [0, 0.1) is 5.41 Å². The quantitative estimate of drug-likeness (QED) is 0.635. The van der Waals surface area contributed by atoms with Crippen LogP contribution in [0.3, 0.4) is 0 Å². The lowest BCUT2D eigenvalue weighted by Crippen LogP contribution is -2.34. The summed E-state index contributed by atoms with van der Waals surface area (Å²) in [5.74, 6) is 1.61. The highest BCUT2D eigenvalue weighted by Gasteiger charge is 2.36. The average Bonchev–Trinajstić information content (AvgIpc) is 2.72. The van der Waals surface area contributed by atoms with Crippen molar-refractivity contribution in [2.75, 3.05) is 5.88 Å². The van der Waals surface area contributed by atoms with Crippen molar-refractivity contribution in [3.05, 3.63) is 28.0 Å². The minimum Gasteiger partial charge on any atom is -0.327 e. The summed E-state index contributed by atoms with van der Waals surface area (Å²) in [6.45, 7) is 3.29. The van der Waals surface area contributed by atoms with Crippen LogP contribution in [0.4, 0.5) is 0 Å². The van der Waals surface area contributed by atoms with E-state index in [1.807, 2.05) is 12.1 Å². The number of fused-ring (bicyclic) bond motifs is 1. The van der Waals surface area contributed by atoms with Crippen molar-refractivity contribution < 1.29 is 0 Å². The molecule has 1 aliphatic carbocycles. The van der Waals surface area contributed by atoms with Gasteiger partial charge in [-0.25, -0.2) is 4.98 Å². The summed E-state index contributed by atoms with van der Waals surface area (Å²) in [5.41, 5.74) is 2.40. The maximum Gasteiger partial charge on any atom is 0.111 e. The minimum absolute atomic E-state index is 0.417. The second-order valence-corrected chi connectivity index (χ2v) is 7.21. The summed E-state index contributed by atoms with van der Waals surface area (Å²) < 4.78 is 2.31. The fourth-order valence-corrected chi connectivity index (χ4v) is 3.74. The van der Waals surface area contributed by atoms with Gasteiger partial charge in [-0.2, -0.15) is 0 Å².